The Morgan fingerprint density at radius 2 is 1.96 bits per heavy atom. The van der Waals surface area contributed by atoms with Crippen molar-refractivity contribution in [3.63, 3.8) is 0 Å². The maximum absolute atomic E-state index is 12.3. The lowest BCUT2D eigenvalue weighted by atomic mass is 10.1. The Morgan fingerprint density at radius 3 is 2.62 bits per heavy atom. The number of fused-ring (bicyclic) bond motifs is 1. The molecule has 0 atom stereocenters. The molecule has 3 aromatic rings. The molecule has 0 aliphatic heterocycles. The van der Waals surface area contributed by atoms with Gasteiger partial charge in [-0.25, -0.2) is 17.9 Å². The minimum atomic E-state index is -3.71. The lowest BCUT2D eigenvalue weighted by Gasteiger charge is -2.09. The smallest absolute Gasteiger partial charge is 0.261 e. The third-order valence-electron chi connectivity index (χ3n) is 3.58. The summed E-state index contributed by atoms with van der Waals surface area (Å²) < 4.78 is 29.8. The Labute approximate surface area is 159 Å². The van der Waals surface area contributed by atoms with Crippen molar-refractivity contribution in [3.8, 4) is 11.3 Å². The van der Waals surface area contributed by atoms with Gasteiger partial charge in [0.15, 0.2) is 0 Å². The van der Waals surface area contributed by atoms with Gasteiger partial charge in [0.05, 0.1) is 16.1 Å². The van der Waals surface area contributed by atoms with Crippen molar-refractivity contribution in [2.45, 2.75) is 0 Å². The van der Waals surface area contributed by atoms with Crippen molar-refractivity contribution in [1.82, 2.24) is 14.6 Å². The van der Waals surface area contributed by atoms with Crippen LogP contribution in [0.3, 0.4) is 0 Å². The summed E-state index contributed by atoms with van der Waals surface area (Å²) in [7, 11) is -3.71. The Kier molecular flexibility index (Phi) is 5.06. The molecule has 0 aliphatic rings. The molecule has 0 radical (unpaired) electrons. The fraction of sp³-hybridized carbons (Fsp3) is 0. The number of halogens is 1. The molecular weight excluding hydrogens is 416 g/mol. The number of aromatic nitrogens is 3. The predicted molar refractivity (Wildman–Crippen MR) is 107 cm³/mol. The SMILES string of the molecule is C=C/C=C(\C=C)S(=O)(=O)Nc1ccc(-c2ncnn3cc(Br)cc23)cc1. The first kappa shape index (κ1) is 18.1. The number of hydrogen-bond donors (Lipinski definition) is 1. The molecule has 2 aromatic heterocycles. The van der Waals surface area contributed by atoms with Gasteiger partial charge in [0, 0.05) is 21.9 Å². The second kappa shape index (κ2) is 7.27. The summed E-state index contributed by atoms with van der Waals surface area (Å²) >= 11 is 3.42. The van der Waals surface area contributed by atoms with Crippen LogP contribution in [0.15, 0.2) is 83.6 Å². The molecule has 0 saturated heterocycles. The summed E-state index contributed by atoms with van der Waals surface area (Å²) in [5.74, 6) is 0. The Bertz CT molecular complexity index is 1120. The molecule has 0 saturated carbocycles. The number of nitrogens with one attached hydrogen (secondary N) is 1. The highest BCUT2D eigenvalue weighted by atomic mass is 79.9. The van der Waals surface area contributed by atoms with E-state index in [0.29, 0.717) is 5.69 Å². The molecule has 2 heterocycles. The van der Waals surface area contributed by atoms with Crippen LogP contribution >= 0.6 is 15.9 Å². The Morgan fingerprint density at radius 1 is 1.23 bits per heavy atom. The second-order valence-electron chi connectivity index (χ2n) is 5.29. The molecule has 1 aromatic carbocycles. The summed E-state index contributed by atoms with van der Waals surface area (Å²) in [5, 5.41) is 4.16. The van der Waals surface area contributed by atoms with Crippen molar-refractivity contribution >= 4 is 37.2 Å². The van der Waals surface area contributed by atoms with Gasteiger partial charge >= 0.3 is 0 Å². The second-order valence-corrected chi connectivity index (χ2v) is 7.89. The number of rotatable bonds is 6. The van der Waals surface area contributed by atoms with Gasteiger partial charge in [-0.05, 0) is 46.3 Å². The molecule has 0 fully saturated rings. The van der Waals surface area contributed by atoms with Crippen LogP contribution in [-0.2, 0) is 10.0 Å². The Balaban J connectivity index is 1.92. The highest BCUT2D eigenvalue weighted by Gasteiger charge is 2.14. The minimum absolute atomic E-state index is 0.0483. The molecule has 0 aliphatic carbocycles. The fourth-order valence-corrected chi connectivity index (χ4v) is 3.88. The van der Waals surface area contributed by atoms with Crippen molar-refractivity contribution in [1.29, 1.82) is 0 Å². The van der Waals surface area contributed by atoms with Gasteiger partial charge in [0.1, 0.15) is 6.33 Å². The number of anilines is 1. The highest BCUT2D eigenvalue weighted by Crippen LogP contribution is 2.26. The van der Waals surface area contributed by atoms with Gasteiger partial charge in [0.25, 0.3) is 10.0 Å². The van der Waals surface area contributed by atoms with Crippen molar-refractivity contribution in [2.24, 2.45) is 0 Å². The first-order valence-corrected chi connectivity index (χ1v) is 9.79. The summed E-state index contributed by atoms with van der Waals surface area (Å²) in [6, 6.07) is 8.87. The Hall–Kier alpha value is -2.71. The molecule has 0 unspecified atom stereocenters. The van der Waals surface area contributed by atoms with E-state index >= 15 is 0 Å². The number of benzene rings is 1. The van der Waals surface area contributed by atoms with Crippen LogP contribution in [0.5, 0.6) is 0 Å². The van der Waals surface area contributed by atoms with Crippen LogP contribution in [-0.4, -0.2) is 23.0 Å². The van der Waals surface area contributed by atoms with E-state index < -0.39 is 10.0 Å². The first-order chi connectivity index (χ1) is 12.4. The zero-order valence-electron chi connectivity index (χ0n) is 13.6. The summed E-state index contributed by atoms with van der Waals surface area (Å²) in [6.07, 6.45) is 7.36. The van der Waals surface area contributed by atoms with Crippen molar-refractivity contribution in [3.05, 3.63) is 83.6 Å². The maximum Gasteiger partial charge on any atom is 0.261 e. The van der Waals surface area contributed by atoms with Crippen LogP contribution in [0.4, 0.5) is 5.69 Å². The number of allylic oxidation sites excluding steroid dienone is 3. The summed E-state index contributed by atoms with van der Waals surface area (Å²) in [5.41, 5.74) is 2.87. The molecule has 0 bridgehead atoms. The van der Waals surface area contributed by atoms with E-state index in [1.54, 1.807) is 28.8 Å². The molecule has 1 N–H and O–H groups in total. The topological polar surface area (TPSA) is 76.4 Å². The first-order valence-electron chi connectivity index (χ1n) is 7.52. The molecule has 132 valence electrons. The molecule has 6 nitrogen and oxygen atoms in total. The molecule has 0 amide bonds. The highest BCUT2D eigenvalue weighted by molar-refractivity contribution is 9.10. The molecular formula is C18H15BrN4O2S. The van der Waals surface area contributed by atoms with E-state index in [1.165, 1.54) is 24.6 Å². The van der Waals surface area contributed by atoms with Gasteiger partial charge in [-0.2, -0.15) is 5.10 Å². The van der Waals surface area contributed by atoms with Crippen molar-refractivity contribution < 1.29 is 8.42 Å². The molecule has 8 heteroatoms. The van der Waals surface area contributed by atoms with Gasteiger partial charge in [0.2, 0.25) is 0 Å². The standard InChI is InChI=1S/C18H15BrN4O2S/c1-3-5-16(4-2)26(24,25)22-15-8-6-13(7-9-15)18-17-10-14(19)11-23(17)21-12-20-18/h3-12,22H,1-2H2/b16-5+. The van der Waals surface area contributed by atoms with E-state index in [4.69, 9.17) is 0 Å². The van der Waals surface area contributed by atoms with Crippen LogP contribution in [0.25, 0.3) is 16.8 Å². The zero-order valence-corrected chi connectivity index (χ0v) is 16.0. The van der Waals surface area contributed by atoms with Gasteiger partial charge < -0.3 is 0 Å². The van der Waals surface area contributed by atoms with Gasteiger partial charge in [-0.15, -0.1) is 0 Å². The van der Waals surface area contributed by atoms with E-state index in [9.17, 15) is 8.42 Å². The maximum atomic E-state index is 12.3. The minimum Gasteiger partial charge on any atom is -0.280 e. The van der Waals surface area contributed by atoms with E-state index in [-0.39, 0.29) is 4.91 Å². The molecule has 3 rings (SSSR count). The van der Waals surface area contributed by atoms with E-state index in [0.717, 1.165) is 21.2 Å². The third kappa shape index (κ3) is 3.61. The van der Waals surface area contributed by atoms with E-state index in [2.05, 4.69) is 43.9 Å². The average molecular weight is 431 g/mol. The van der Waals surface area contributed by atoms with Gasteiger partial charge in [-0.3, -0.25) is 4.72 Å². The summed E-state index contributed by atoms with van der Waals surface area (Å²) in [4.78, 5) is 4.38. The van der Waals surface area contributed by atoms with E-state index in [1.807, 2.05) is 12.3 Å². The number of nitrogens with zero attached hydrogens (tertiary/aromatic N) is 3. The van der Waals surface area contributed by atoms with Crippen LogP contribution in [0.2, 0.25) is 0 Å². The van der Waals surface area contributed by atoms with Crippen LogP contribution in [0.1, 0.15) is 0 Å². The average Bonchev–Trinajstić information content (AvgIpc) is 3.00. The lowest BCUT2D eigenvalue weighted by molar-refractivity contribution is 0.608. The molecule has 26 heavy (non-hydrogen) atoms. The van der Waals surface area contributed by atoms with Crippen molar-refractivity contribution in [2.75, 3.05) is 4.72 Å². The molecule has 0 spiro atoms. The quantitative estimate of drug-likeness (QED) is 0.595. The fourth-order valence-electron chi connectivity index (χ4n) is 2.41. The lowest BCUT2D eigenvalue weighted by Crippen LogP contribution is -2.13. The normalized spacial score (nSPS) is 12.1. The van der Waals surface area contributed by atoms with Crippen LogP contribution < -0.4 is 4.72 Å². The predicted octanol–water partition coefficient (Wildman–Crippen LogP) is 4.16. The third-order valence-corrected chi connectivity index (χ3v) is 5.44. The summed E-state index contributed by atoms with van der Waals surface area (Å²) in [6.45, 7) is 7.02. The van der Waals surface area contributed by atoms with Crippen LogP contribution in [0, 0.1) is 0 Å². The number of sulfonamides is 1. The zero-order chi connectivity index (χ0) is 18.7. The largest absolute Gasteiger partial charge is 0.280 e. The number of hydrogen-bond acceptors (Lipinski definition) is 4. The van der Waals surface area contributed by atoms with Gasteiger partial charge in [-0.1, -0.05) is 31.4 Å². The monoisotopic (exact) mass is 430 g/mol.